The number of aromatic amines is 2. The Morgan fingerprint density at radius 3 is 2.05 bits per heavy atom. The van der Waals surface area contributed by atoms with Gasteiger partial charge in [-0.1, -0.05) is 84.6 Å². The maximum atomic E-state index is 14.1. The van der Waals surface area contributed by atoms with E-state index in [-0.39, 0.29) is 29.8 Å². The van der Waals surface area contributed by atoms with Crippen molar-refractivity contribution in [2.45, 2.75) is 83.0 Å². The van der Waals surface area contributed by atoms with E-state index in [1.165, 1.54) is 0 Å². The second kappa shape index (κ2) is 16.7. The van der Waals surface area contributed by atoms with Gasteiger partial charge in [0.05, 0.1) is 40.9 Å². The predicted molar refractivity (Wildman–Crippen MR) is 227 cm³/mol. The summed E-state index contributed by atoms with van der Waals surface area (Å²) in [7, 11) is 0. The number of hydrogen-bond acceptors (Lipinski definition) is 6. The third kappa shape index (κ3) is 8.77. The minimum atomic E-state index is -0.900. The molecule has 2 aliphatic heterocycles. The fourth-order valence-corrected chi connectivity index (χ4v) is 8.08. The summed E-state index contributed by atoms with van der Waals surface area (Å²) >= 11 is 0. The summed E-state index contributed by atoms with van der Waals surface area (Å²) in [6.45, 7) is 8.63. The average Bonchev–Trinajstić information content (AvgIpc) is 4.08. The number of aromatic nitrogens is 4. The molecule has 4 heterocycles. The van der Waals surface area contributed by atoms with Crippen molar-refractivity contribution in [3.05, 3.63) is 143 Å². The van der Waals surface area contributed by atoms with Gasteiger partial charge in [-0.25, -0.2) is 14.8 Å². The molecule has 6 aromatic rings. The number of benzene rings is 4. The van der Waals surface area contributed by atoms with Crippen LogP contribution in [0.1, 0.15) is 111 Å². The normalized spacial score (nSPS) is 17.6. The van der Waals surface area contributed by atoms with Crippen molar-refractivity contribution < 1.29 is 19.1 Å². The number of amides is 3. The smallest absolute Gasteiger partial charge is 0.408 e. The Hall–Kier alpha value is -6.67. The van der Waals surface area contributed by atoms with Gasteiger partial charge in [0.2, 0.25) is 5.91 Å². The van der Waals surface area contributed by atoms with Crippen LogP contribution in [0.15, 0.2) is 109 Å². The number of ether oxygens (including phenoxy) is 1. The van der Waals surface area contributed by atoms with E-state index in [0.717, 1.165) is 77.0 Å². The van der Waals surface area contributed by atoms with E-state index < -0.39 is 17.7 Å². The van der Waals surface area contributed by atoms with Crippen LogP contribution < -0.4 is 5.32 Å². The molecular weight excluding hydrogens is 739 g/mol. The monoisotopic (exact) mass is 787 g/mol. The van der Waals surface area contributed by atoms with Crippen molar-refractivity contribution in [1.82, 2.24) is 35.1 Å². The first-order valence-electron chi connectivity index (χ1n) is 20.4. The maximum Gasteiger partial charge on any atom is 0.408 e. The summed E-state index contributed by atoms with van der Waals surface area (Å²) in [6, 6.07) is 31.9. The lowest BCUT2D eigenvalue weighted by molar-refractivity contribution is -0.135. The highest BCUT2D eigenvalue weighted by molar-refractivity contribution is 5.87. The van der Waals surface area contributed by atoms with Gasteiger partial charge in [0, 0.05) is 24.2 Å². The van der Waals surface area contributed by atoms with Gasteiger partial charge in [0.25, 0.3) is 5.91 Å². The fraction of sp³-hybridized carbons (Fsp3) is 0.312. The highest BCUT2D eigenvalue weighted by atomic mass is 16.6. The number of carbonyl (C=O) groups is 3. The molecule has 300 valence electrons. The zero-order valence-corrected chi connectivity index (χ0v) is 33.9. The van der Waals surface area contributed by atoms with Gasteiger partial charge in [-0.05, 0) is 100 Å². The third-order valence-corrected chi connectivity index (χ3v) is 11.1. The van der Waals surface area contributed by atoms with E-state index in [0.29, 0.717) is 17.9 Å². The second-order valence-electron chi connectivity index (χ2n) is 16.4. The van der Waals surface area contributed by atoms with Gasteiger partial charge >= 0.3 is 6.09 Å². The largest absolute Gasteiger partial charge is 0.444 e. The van der Waals surface area contributed by atoms with E-state index in [4.69, 9.17) is 14.7 Å². The Balaban J connectivity index is 0.932. The van der Waals surface area contributed by atoms with Gasteiger partial charge in [-0.3, -0.25) is 9.59 Å². The van der Waals surface area contributed by atoms with Crippen molar-refractivity contribution in [3.63, 3.8) is 0 Å². The number of hydrogen-bond donors (Lipinski definition) is 3. The molecule has 59 heavy (non-hydrogen) atoms. The number of nitrogens with one attached hydrogen (secondary N) is 3. The highest BCUT2D eigenvalue weighted by Crippen LogP contribution is 2.36. The Morgan fingerprint density at radius 2 is 1.37 bits per heavy atom. The molecule has 2 aromatic heterocycles. The highest BCUT2D eigenvalue weighted by Gasteiger charge is 2.38. The fourth-order valence-electron chi connectivity index (χ4n) is 8.08. The molecule has 3 N–H and O–H groups in total. The average molecular weight is 788 g/mol. The van der Waals surface area contributed by atoms with Crippen molar-refractivity contribution in [1.29, 1.82) is 0 Å². The van der Waals surface area contributed by atoms with Crippen LogP contribution in [0.4, 0.5) is 4.79 Å². The molecule has 4 aromatic carbocycles. The molecule has 0 unspecified atom stereocenters. The SMILES string of the molecule is C[C@@H](C(=O)N1CCC[C@H]1c1nc2ccc(C#Cc3ccc(-c4cnc([C@@H]5CCCN5C(=O)[C@H](NC(=O)OC(C)(C)C)c5ccccc5)[nH]4)cc3)cc2[nH]1)c1ccccc1. The number of imidazole rings is 2. The van der Waals surface area contributed by atoms with E-state index in [1.807, 2.05) is 115 Å². The minimum absolute atomic E-state index is 0.0835. The number of nitrogens with zero attached hydrogens (tertiary/aromatic N) is 4. The summed E-state index contributed by atoms with van der Waals surface area (Å²) in [4.78, 5) is 60.8. The lowest BCUT2D eigenvalue weighted by atomic mass is 9.99. The number of H-pyrrole nitrogens is 2. The lowest BCUT2D eigenvalue weighted by Gasteiger charge is -2.29. The van der Waals surface area contributed by atoms with E-state index in [9.17, 15) is 14.4 Å². The number of rotatable bonds is 8. The van der Waals surface area contributed by atoms with Crippen LogP contribution >= 0.6 is 0 Å². The summed E-state index contributed by atoms with van der Waals surface area (Å²) in [5.74, 6) is 7.80. The molecule has 0 radical (unpaired) electrons. The van der Waals surface area contributed by atoms with Crippen LogP contribution in [-0.4, -0.2) is 66.3 Å². The zero-order chi connectivity index (χ0) is 41.1. The van der Waals surface area contributed by atoms with Crippen LogP contribution in [0.25, 0.3) is 22.3 Å². The summed E-state index contributed by atoms with van der Waals surface area (Å²) in [5.41, 5.74) is 6.25. The van der Waals surface area contributed by atoms with Crippen molar-refractivity contribution in [2.75, 3.05) is 13.1 Å². The Labute approximate surface area is 344 Å². The van der Waals surface area contributed by atoms with Crippen LogP contribution in [0.2, 0.25) is 0 Å². The molecule has 0 spiro atoms. The van der Waals surface area contributed by atoms with Gasteiger partial charge in [0.15, 0.2) is 0 Å². The predicted octanol–water partition coefficient (Wildman–Crippen LogP) is 8.75. The molecule has 0 aliphatic carbocycles. The first kappa shape index (κ1) is 39.2. The molecule has 11 heteroatoms. The molecule has 0 saturated carbocycles. The standard InChI is InChI=1S/C48H49N7O4/c1-31(34-13-7-5-8-14-34)45(56)54-27-12-18-41(54)44-50-37-26-23-33(29-38(37)51-44)20-19-32-21-24-35(25-22-32)39-30-49-43(52-39)40-17-11-28-55(40)46(57)42(36-15-9-6-10-16-36)53-47(58)59-48(2,3)4/h5-10,13-16,21-26,29-31,40-42H,11-12,17-18,27-28H2,1-4H3,(H,49,52)(H,50,51)(H,53,58)/t31-,40+,41+,42-/m1/s1. The Morgan fingerprint density at radius 1 is 0.763 bits per heavy atom. The first-order valence-corrected chi connectivity index (χ1v) is 20.4. The Kier molecular flexibility index (Phi) is 11.1. The number of carbonyl (C=O) groups excluding carboxylic acids is 3. The first-order chi connectivity index (χ1) is 28.5. The van der Waals surface area contributed by atoms with E-state index in [1.54, 1.807) is 31.9 Å². The molecular formula is C48H49N7O4. The number of fused-ring (bicyclic) bond motifs is 1. The molecule has 2 fully saturated rings. The molecule has 11 nitrogen and oxygen atoms in total. The van der Waals surface area contributed by atoms with Crippen LogP contribution in [0.5, 0.6) is 0 Å². The van der Waals surface area contributed by atoms with Gasteiger partial charge in [-0.15, -0.1) is 0 Å². The molecule has 2 aliphatic rings. The van der Waals surface area contributed by atoms with Gasteiger partial charge < -0.3 is 29.8 Å². The maximum absolute atomic E-state index is 14.1. The zero-order valence-electron chi connectivity index (χ0n) is 33.9. The summed E-state index contributed by atoms with van der Waals surface area (Å²) in [5, 5.41) is 2.82. The summed E-state index contributed by atoms with van der Waals surface area (Å²) < 4.78 is 5.51. The van der Waals surface area contributed by atoms with E-state index >= 15 is 0 Å². The topological polar surface area (TPSA) is 136 Å². The molecule has 3 amide bonds. The summed E-state index contributed by atoms with van der Waals surface area (Å²) in [6.07, 6.45) is 4.53. The van der Waals surface area contributed by atoms with Gasteiger partial charge in [0.1, 0.15) is 23.3 Å². The third-order valence-electron chi connectivity index (χ3n) is 11.1. The number of likely N-dealkylation sites (tertiary alicyclic amines) is 2. The van der Waals surface area contributed by atoms with Gasteiger partial charge in [-0.2, -0.15) is 0 Å². The minimum Gasteiger partial charge on any atom is -0.444 e. The van der Waals surface area contributed by atoms with Crippen LogP contribution in [0.3, 0.4) is 0 Å². The molecule has 2 saturated heterocycles. The molecule has 8 rings (SSSR count). The van der Waals surface area contributed by atoms with Crippen molar-refractivity contribution in [2.24, 2.45) is 0 Å². The van der Waals surface area contributed by atoms with E-state index in [2.05, 4.69) is 27.1 Å². The molecule has 4 atom stereocenters. The van der Waals surface area contributed by atoms with Crippen molar-refractivity contribution in [3.8, 4) is 23.1 Å². The van der Waals surface area contributed by atoms with Crippen molar-refractivity contribution >= 4 is 28.9 Å². The van der Waals surface area contributed by atoms with Crippen LogP contribution in [0, 0.1) is 11.8 Å². The van der Waals surface area contributed by atoms with Crippen LogP contribution in [-0.2, 0) is 14.3 Å². The number of alkyl carbamates (subject to hydrolysis) is 1. The second-order valence-corrected chi connectivity index (χ2v) is 16.4. The molecule has 0 bridgehead atoms. The Bertz CT molecular complexity index is 2510. The lowest BCUT2D eigenvalue weighted by Crippen LogP contribution is -2.44. The quantitative estimate of drug-likeness (QED) is 0.132.